The first kappa shape index (κ1) is 10.9. The van der Waals surface area contributed by atoms with Gasteiger partial charge >= 0.3 is 0 Å². The van der Waals surface area contributed by atoms with Crippen LogP contribution in [0.3, 0.4) is 0 Å². The molecule has 1 heterocycles. The van der Waals surface area contributed by atoms with Gasteiger partial charge in [-0.15, -0.1) is 6.58 Å². The zero-order valence-electron chi connectivity index (χ0n) is 10.0. The van der Waals surface area contributed by atoms with Crippen LogP contribution in [-0.4, -0.2) is 5.11 Å². The molecular formula is C16H14O2. The highest BCUT2D eigenvalue weighted by Gasteiger charge is 2.20. The van der Waals surface area contributed by atoms with Gasteiger partial charge in [0.2, 0.25) is 0 Å². The molecule has 1 aliphatic heterocycles. The largest absolute Gasteiger partial charge is 0.507 e. The molecule has 0 aliphatic carbocycles. The summed E-state index contributed by atoms with van der Waals surface area (Å²) in [7, 11) is 0. The van der Waals surface area contributed by atoms with Crippen LogP contribution < -0.4 is 4.74 Å². The molecule has 1 N–H and O–H groups in total. The SMILES string of the molecule is C=CCc1cc(O)c2c(c1)OCc1ccccc1-2. The van der Waals surface area contributed by atoms with Crippen molar-refractivity contribution in [3.8, 4) is 22.6 Å². The molecule has 0 saturated carbocycles. The Labute approximate surface area is 106 Å². The van der Waals surface area contributed by atoms with E-state index < -0.39 is 0 Å². The predicted octanol–water partition coefficient (Wildman–Crippen LogP) is 3.68. The minimum absolute atomic E-state index is 0.275. The van der Waals surface area contributed by atoms with Gasteiger partial charge in [0.05, 0.1) is 5.56 Å². The van der Waals surface area contributed by atoms with Crippen LogP contribution in [0.2, 0.25) is 0 Å². The summed E-state index contributed by atoms with van der Waals surface area (Å²) in [5.74, 6) is 1.03. The van der Waals surface area contributed by atoms with Crippen molar-refractivity contribution in [2.75, 3.05) is 0 Å². The minimum atomic E-state index is 0.275. The van der Waals surface area contributed by atoms with Crippen LogP contribution in [0, 0.1) is 0 Å². The average molecular weight is 238 g/mol. The lowest BCUT2D eigenvalue weighted by Crippen LogP contribution is -2.05. The van der Waals surface area contributed by atoms with Gasteiger partial charge in [0.15, 0.2) is 0 Å². The van der Waals surface area contributed by atoms with Gasteiger partial charge in [-0.1, -0.05) is 30.3 Å². The van der Waals surface area contributed by atoms with E-state index >= 15 is 0 Å². The molecular weight excluding hydrogens is 224 g/mol. The molecule has 18 heavy (non-hydrogen) atoms. The molecule has 0 bridgehead atoms. The van der Waals surface area contributed by atoms with Gasteiger partial charge in [0, 0.05) is 0 Å². The Balaban J connectivity index is 2.19. The maximum Gasteiger partial charge on any atom is 0.131 e. The summed E-state index contributed by atoms with van der Waals surface area (Å²) in [6.07, 6.45) is 2.55. The molecule has 90 valence electrons. The van der Waals surface area contributed by atoms with E-state index in [4.69, 9.17) is 4.74 Å². The van der Waals surface area contributed by atoms with Gasteiger partial charge in [-0.05, 0) is 35.2 Å². The zero-order chi connectivity index (χ0) is 12.5. The monoisotopic (exact) mass is 238 g/mol. The maximum absolute atomic E-state index is 10.2. The second kappa shape index (κ2) is 4.22. The summed E-state index contributed by atoms with van der Waals surface area (Å²) < 4.78 is 5.72. The lowest BCUT2D eigenvalue weighted by molar-refractivity contribution is 0.300. The van der Waals surface area contributed by atoms with Crippen LogP contribution in [0.5, 0.6) is 11.5 Å². The van der Waals surface area contributed by atoms with Crippen LogP contribution in [0.4, 0.5) is 0 Å². The molecule has 0 saturated heterocycles. The van der Waals surface area contributed by atoms with Crippen molar-refractivity contribution >= 4 is 0 Å². The van der Waals surface area contributed by atoms with Crippen LogP contribution in [0.15, 0.2) is 49.1 Å². The van der Waals surface area contributed by atoms with E-state index in [1.165, 1.54) is 0 Å². The molecule has 2 nitrogen and oxygen atoms in total. The first-order chi connectivity index (χ1) is 8.79. The quantitative estimate of drug-likeness (QED) is 0.809. The third-order valence-corrected chi connectivity index (χ3v) is 3.19. The van der Waals surface area contributed by atoms with E-state index in [-0.39, 0.29) is 5.75 Å². The molecule has 0 aromatic heterocycles. The number of benzene rings is 2. The average Bonchev–Trinajstić information content (AvgIpc) is 2.38. The number of phenols is 1. The number of allylic oxidation sites excluding steroid dienone is 1. The van der Waals surface area contributed by atoms with Crippen LogP contribution in [0.1, 0.15) is 11.1 Å². The van der Waals surface area contributed by atoms with Crippen molar-refractivity contribution in [2.24, 2.45) is 0 Å². The van der Waals surface area contributed by atoms with E-state index in [1.807, 2.05) is 36.4 Å². The highest BCUT2D eigenvalue weighted by atomic mass is 16.5. The van der Waals surface area contributed by atoms with Gasteiger partial charge < -0.3 is 9.84 Å². The molecule has 0 amide bonds. The molecule has 0 atom stereocenters. The highest BCUT2D eigenvalue weighted by Crippen LogP contribution is 2.43. The van der Waals surface area contributed by atoms with Crippen molar-refractivity contribution in [3.05, 3.63) is 60.2 Å². The third kappa shape index (κ3) is 1.66. The van der Waals surface area contributed by atoms with E-state index in [9.17, 15) is 5.11 Å². The Hall–Kier alpha value is -2.22. The molecule has 0 fully saturated rings. The van der Waals surface area contributed by atoms with Gasteiger partial charge in [-0.3, -0.25) is 0 Å². The smallest absolute Gasteiger partial charge is 0.131 e. The Kier molecular flexibility index (Phi) is 2.56. The van der Waals surface area contributed by atoms with Crippen LogP contribution in [-0.2, 0) is 13.0 Å². The van der Waals surface area contributed by atoms with E-state index in [0.29, 0.717) is 6.61 Å². The number of rotatable bonds is 2. The minimum Gasteiger partial charge on any atom is -0.507 e. The number of phenolic OH excluding ortho intramolecular Hbond substituents is 1. The topological polar surface area (TPSA) is 29.5 Å². The fourth-order valence-electron chi connectivity index (χ4n) is 2.37. The Bertz CT molecular complexity index is 614. The molecule has 0 spiro atoms. The van der Waals surface area contributed by atoms with Crippen LogP contribution in [0.25, 0.3) is 11.1 Å². The fourth-order valence-corrected chi connectivity index (χ4v) is 2.37. The van der Waals surface area contributed by atoms with Crippen molar-refractivity contribution < 1.29 is 9.84 Å². The molecule has 1 aliphatic rings. The lowest BCUT2D eigenvalue weighted by atomic mass is 9.94. The summed E-state index contributed by atoms with van der Waals surface area (Å²) >= 11 is 0. The summed E-state index contributed by atoms with van der Waals surface area (Å²) in [6, 6.07) is 11.8. The van der Waals surface area contributed by atoms with Gasteiger partial charge in [-0.2, -0.15) is 0 Å². The number of hydrogen-bond donors (Lipinski definition) is 1. The molecule has 0 radical (unpaired) electrons. The van der Waals surface area contributed by atoms with Gasteiger partial charge in [-0.25, -0.2) is 0 Å². The van der Waals surface area contributed by atoms with Crippen molar-refractivity contribution in [1.29, 1.82) is 0 Å². The lowest BCUT2D eigenvalue weighted by Gasteiger charge is -2.22. The zero-order valence-corrected chi connectivity index (χ0v) is 10.0. The fraction of sp³-hybridized carbons (Fsp3) is 0.125. The van der Waals surface area contributed by atoms with Crippen LogP contribution >= 0.6 is 0 Å². The number of hydrogen-bond acceptors (Lipinski definition) is 2. The molecule has 2 heteroatoms. The molecule has 0 unspecified atom stereocenters. The molecule has 2 aromatic carbocycles. The summed E-state index contributed by atoms with van der Waals surface area (Å²) in [5, 5.41) is 10.2. The number of fused-ring (bicyclic) bond motifs is 3. The Morgan fingerprint density at radius 3 is 2.94 bits per heavy atom. The first-order valence-corrected chi connectivity index (χ1v) is 5.97. The Morgan fingerprint density at radius 2 is 2.11 bits per heavy atom. The second-order valence-corrected chi connectivity index (χ2v) is 4.43. The first-order valence-electron chi connectivity index (χ1n) is 5.97. The van der Waals surface area contributed by atoms with E-state index in [0.717, 1.165) is 34.4 Å². The van der Waals surface area contributed by atoms with Crippen molar-refractivity contribution in [3.63, 3.8) is 0 Å². The molecule has 3 rings (SSSR count). The number of ether oxygens (including phenoxy) is 1. The van der Waals surface area contributed by atoms with Gasteiger partial charge in [0.25, 0.3) is 0 Å². The summed E-state index contributed by atoms with van der Waals surface area (Å²) in [4.78, 5) is 0. The highest BCUT2D eigenvalue weighted by molar-refractivity contribution is 5.80. The van der Waals surface area contributed by atoms with E-state index in [1.54, 1.807) is 6.07 Å². The normalized spacial score (nSPS) is 12.2. The third-order valence-electron chi connectivity index (χ3n) is 3.19. The standard InChI is InChI=1S/C16H14O2/c1-2-5-11-8-14(17)16-13-7-4-3-6-12(13)10-18-15(16)9-11/h2-4,6-9,17H,1,5,10H2. The van der Waals surface area contributed by atoms with Crippen molar-refractivity contribution in [1.82, 2.24) is 0 Å². The predicted molar refractivity (Wildman–Crippen MR) is 71.8 cm³/mol. The Morgan fingerprint density at radius 1 is 1.28 bits per heavy atom. The second-order valence-electron chi connectivity index (χ2n) is 4.43. The van der Waals surface area contributed by atoms with Gasteiger partial charge in [0.1, 0.15) is 18.1 Å². The number of aromatic hydroxyl groups is 1. The molecule has 2 aromatic rings. The summed E-state index contributed by atoms with van der Waals surface area (Å²) in [5.41, 5.74) is 3.98. The maximum atomic E-state index is 10.2. The van der Waals surface area contributed by atoms with Crippen molar-refractivity contribution in [2.45, 2.75) is 13.0 Å². The van der Waals surface area contributed by atoms with E-state index in [2.05, 4.69) is 6.58 Å². The summed E-state index contributed by atoms with van der Waals surface area (Å²) in [6.45, 7) is 4.27.